The molecule has 1 rings (SSSR count). The highest BCUT2D eigenvalue weighted by molar-refractivity contribution is 7.99. The van der Waals surface area contributed by atoms with Crippen LogP contribution in [0, 0.1) is 5.82 Å². The van der Waals surface area contributed by atoms with Gasteiger partial charge in [0.2, 0.25) is 0 Å². The van der Waals surface area contributed by atoms with E-state index in [0.717, 1.165) is 18.1 Å². The normalized spacial score (nSPS) is 12.4. The average molecular weight is 327 g/mol. The van der Waals surface area contributed by atoms with Crippen molar-refractivity contribution in [2.24, 2.45) is 4.99 Å². The number of ether oxygens (including phenoxy) is 1. The van der Waals surface area contributed by atoms with Gasteiger partial charge in [0, 0.05) is 37.6 Å². The van der Waals surface area contributed by atoms with Gasteiger partial charge in [-0.15, -0.1) is 0 Å². The molecule has 0 atom stereocenters. The monoisotopic (exact) mass is 327 g/mol. The van der Waals surface area contributed by atoms with E-state index < -0.39 is 0 Å². The molecule has 0 aliphatic carbocycles. The first-order valence-corrected chi connectivity index (χ1v) is 8.40. The van der Waals surface area contributed by atoms with Crippen molar-refractivity contribution in [1.29, 1.82) is 0 Å². The van der Waals surface area contributed by atoms with E-state index in [9.17, 15) is 4.39 Å². The molecule has 0 amide bonds. The fraction of sp³-hybridized carbons (Fsp3) is 0.562. The molecular weight excluding hydrogens is 301 g/mol. The lowest BCUT2D eigenvalue weighted by atomic mass is 10.1. The molecule has 0 aliphatic heterocycles. The lowest BCUT2D eigenvalue weighted by Gasteiger charge is -2.23. The second kappa shape index (κ2) is 9.00. The van der Waals surface area contributed by atoms with E-state index in [4.69, 9.17) is 4.74 Å². The Morgan fingerprint density at radius 3 is 2.68 bits per heavy atom. The van der Waals surface area contributed by atoms with Crippen molar-refractivity contribution in [1.82, 2.24) is 10.6 Å². The first-order valence-electron chi connectivity index (χ1n) is 7.17. The van der Waals surface area contributed by atoms with E-state index in [1.54, 1.807) is 32.0 Å². The van der Waals surface area contributed by atoms with Crippen LogP contribution in [0.2, 0.25) is 0 Å². The molecular formula is C16H26FN3OS. The molecule has 0 bridgehead atoms. The molecule has 0 aliphatic rings. The van der Waals surface area contributed by atoms with Crippen LogP contribution < -0.4 is 10.6 Å². The van der Waals surface area contributed by atoms with E-state index in [1.807, 2.05) is 6.07 Å². The number of aliphatic imine (C=N–C) groups is 1. The summed E-state index contributed by atoms with van der Waals surface area (Å²) in [6.07, 6.45) is 2.09. The number of halogens is 1. The quantitative estimate of drug-likeness (QED) is 0.597. The number of nitrogens with zero attached hydrogens (tertiary/aromatic N) is 1. The van der Waals surface area contributed by atoms with Gasteiger partial charge in [0.15, 0.2) is 5.96 Å². The fourth-order valence-corrected chi connectivity index (χ4v) is 2.00. The molecule has 0 saturated carbocycles. The second-order valence-electron chi connectivity index (χ2n) is 5.60. The second-order valence-corrected chi connectivity index (χ2v) is 7.12. The highest BCUT2D eigenvalue weighted by Gasteiger charge is 2.16. The Labute approximate surface area is 136 Å². The van der Waals surface area contributed by atoms with Crippen LogP contribution >= 0.6 is 11.8 Å². The Kier molecular flexibility index (Phi) is 7.68. The third kappa shape index (κ3) is 6.23. The fourth-order valence-electron chi connectivity index (χ4n) is 1.78. The van der Waals surface area contributed by atoms with Crippen molar-refractivity contribution in [3.63, 3.8) is 0 Å². The van der Waals surface area contributed by atoms with E-state index in [1.165, 1.54) is 6.07 Å². The molecule has 1 aromatic carbocycles. The standard InChI is InChI=1S/C16H26FN3OS/c1-16(2,22-5)11-20-15(18-3)19-9-12-6-7-14(17)13(8-12)10-21-4/h6-8H,9-11H2,1-5H3,(H2,18,19,20). The lowest BCUT2D eigenvalue weighted by molar-refractivity contribution is 0.181. The smallest absolute Gasteiger partial charge is 0.191 e. The maximum Gasteiger partial charge on any atom is 0.191 e. The van der Waals surface area contributed by atoms with Gasteiger partial charge in [0.25, 0.3) is 0 Å². The van der Waals surface area contributed by atoms with E-state index in [-0.39, 0.29) is 17.2 Å². The van der Waals surface area contributed by atoms with Gasteiger partial charge in [-0.1, -0.05) is 6.07 Å². The highest BCUT2D eigenvalue weighted by atomic mass is 32.2. The SMILES string of the molecule is CN=C(NCc1ccc(F)c(COC)c1)NCC(C)(C)SC. The zero-order valence-electron chi connectivity index (χ0n) is 14.0. The van der Waals surface area contributed by atoms with E-state index in [2.05, 4.69) is 35.7 Å². The highest BCUT2D eigenvalue weighted by Crippen LogP contribution is 2.19. The third-order valence-corrected chi connectivity index (χ3v) is 4.58. The minimum Gasteiger partial charge on any atom is -0.380 e. The van der Waals surface area contributed by atoms with Gasteiger partial charge < -0.3 is 15.4 Å². The predicted molar refractivity (Wildman–Crippen MR) is 92.9 cm³/mol. The van der Waals surface area contributed by atoms with Crippen molar-refractivity contribution in [2.75, 3.05) is 27.0 Å². The number of hydrogen-bond donors (Lipinski definition) is 2. The summed E-state index contributed by atoms with van der Waals surface area (Å²) in [5.74, 6) is 0.495. The predicted octanol–water partition coefficient (Wildman–Crippen LogP) is 2.78. The summed E-state index contributed by atoms with van der Waals surface area (Å²) in [5, 5.41) is 6.54. The molecule has 1 aromatic rings. The van der Waals surface area contributed by atoms with Crippen LogP contribution in [-0.2, 0) is 17.9 Å². The Morgan fingerprint density at radius 2 is 2.09 bits per heavy atom. The van der Waals surface area contributed by atoms with Crippen molar-refractivity contribution >= 4 is 17.7 Å². The summed E-state index contributed by atoms with van der Waals surface area (Å²) in [5.41, 5.74) is 1.55. The molecule has 6 heteroatoms. The maximum absolute atomic E-state index is 13.6. The summed E-state index contributed by atoms with van der Waals surface area (Å²) in [4.78, 5) is 4.20. The van der Waals surface area contributed by atoms with Crippen molar-refractivity contribution < 1.29 is 9.13 Å². The largest absolute Gasteiger partial charge is 0.380 e. The Hall–Kier alpha value is -1.27. The van der Waals surface area contributed by atoms with Gasteiger partial charge >= 0.3 is 0 Å². The molecule has 0 saturated heterocycles. The van der Waals surface area contributed by atoms with Gasteiger partial charge in [-0.3, -0.25) is 4.99 Å². The van der Waals surface area contributed by atoms with Gasteiger partial charge in [0.1, 0.15) is 5.82 Å². The number of nitrogens with one attached hydrogen (secondary N) is 2. The number of guanidine groups is 1. The van der Waals surface area contributed by atoms with Crippen LogP contribution in [0.15, 0.2) is 23.2 Å². The van der Waals surface area contributed by atoms with Crippen LogP contribution in [0.5, 0.6) is 0 Å². The molecule has 2 N–H and O–H groups in total. The average Bonchev–Trinajstić information content (AvgIpc) is 2.50. The Morgan fingerprint density at radius 1 is 1.36 bits per heavy atom. The third-order valence-electron chi connectivity index (χ3n) is 3.33. The summed E-state index contributed by atoms with van der Waals surface area (Å²) in [7, 11) is 3.30. The van der Waals surface area contributed by atoms with Crippen molar-refractivity contribution in [2.45, 2.75) is 31.7 Å². The zero-order valence-corrected chi connectivity index (χ0v) is 14.8. The lowest BCUT2D eigenvalue weighted by Crippen LogP contribution is -2.43. The topological polar surface area (TPSA) is 45.7 Å². The van der Waals surface area contributed by atoms with Gasteiger partial charge in [-0.25, -0.2) is 4.39 Å². The van der Waals surface area contributed by atoms with Gasteiger partial charge in [0.05, 0.1) is 6.61 Å². The Bertz CT molecular complexity index is 506. The molecule has 0 aromatic heterocycles. The maximum atomic E-state index is 13.6. The first-order chi connectivity index (χ1) is 10.4. The molecule has 4 nitrogen and oxygen atoms in total. The van der Waals surface area contributed by atoms with Crippen molar-refractivity contribution in [3.8, 4) is 0 Å². The molecule has 124 valence electrons. The van der Waals surface area contributed by atoms with Crippen LogP contribution in [0.1, 0.15) is 25.0 Å². The number of benzene rings is 1. The molecule has 22 heavy (non-hydrogen) atoms. The first kappa shape index (κ1) is 18.8. The molecule has 0 spiro atoms. The zero-order chi connectivity index (χ0) is 16.6. The molecule has 0 unspecified atom stereocenters. The van der Waals surface area contributed by atoms with Gasteiger partial charge in [-0.05, 0) is 37.8 Å². The number of thioether (sulfide) groups is 1. The van der Waals surface area contributed by atoms with Crippen LogP contribution in [0.3, 0.4) is 0 Å². The molecule has 0 fully saturated rings. The van der Waals surface area contributed by atoms with Gasteiger partial charge in [-0.2, -0.15) is 11.8 Å². The van der Waals surface area contributed by atoms with Crippen molar-refractivity contribution in [3.05, 3.63) is 35.1 Å². The van der Waals surface area contributed by atoms with Crippen LogP contribution in [-0.4, -0.2) is 37.7 Å². The summed E-state index contributed by atoms with van der Waals surface area (Å²) in [6, 6.07) is 5.05. The van der Waals surface area contributed by atoms with E-state index >= 15 is 0 Å². The van der Waals surface area contributed by atoms with Crippen LogP contribution in [0.25, 0.3) is 0 Å². The Balaban J connectivity index is 2.58. The number of hydrogen-bond acceptors (Lipinski definition) is 3. The molecule has 0 heterocycles. The number of rotatable bonds is 7. The minimum absolute atomic E-state index is 0.138. The summed E-state index contributed by atoms with van der Waals surface area (Å²) in [6.45, 7) is 6.01. The summed E-state index contributed by atoms with van der Waals surface area (Å²) >= 11 is 1.80. The summed E-state index contributed by atoms with van der Waals surface area (Å²) < 4.78 is 18.7. The minimum atomic E-state index is -0.241. The molecule has 0 radical (unpaired) electrons. The number of methoxy groups -OCH3 is 1. The van der Waals surface area contributed by atoms with E-state index in [0.29, 0.717) is 12.1 Å². The van der Waals surface area contributed by atoms with Crippen LogP contribution in [0.4, 0.5) is 4.39 Å².